The zero-order valence-electron chi connectivity index (χ0n) is 12.1. The van der Waals surface area contributed by atoms with E-state index in [0.29, 0.717) is 12.5 Å². The highest BCUT2D eigenvalue weighted by atomic mass is 19.2. The maximum atomic E-state index is 13.4. The fourth-order valence-corrected chi connectivity index (χ4v) is 1.80. The molecule has 1 rings (SSSR count). The van der Waals surface area contributed by atoms with Crippen LogP contribution in [0.3, 0.4) is 0 Å². The summed E-state index contributed by atoms with van der Waals surface area (Å²) in [6, 6.07) is 0.0686. The van der Waals surface area contributed by atoms with Crippen molar-refractivity contribution in [1.29, 1.82) is 0 Å². The molecule has 1 atom stereocenters. The Labute approximate surface area is 125 Å². The highest BCUT2D eigenvalue weighted by Crippen LogP contribution is 2.18. The van der Waals surface area contributed by atoms with E-state index < -0.39 is 41.0 Å². The van der Waals surface area contributed by atoms with Gasteiger partial charge >= 0.3 is 11.8 Å². The van der Waals surface area contributed by atoms with Gasteiger partial charge in [-0.1, -0.05) is 13.8 Å². The Hall–Kier alpha value is -2.09. The van der Waals surface area contributed by atoms with E-state index in [9.17, 15) is 22.8 Å². The number of anilines is 1. The number of nitrogens with one attached hydrogen (secondary N) is 2. The SMILES string of the molecule is CC(C)CC(CO)NC(=O)C(=O)Nc1cc(F)c(F)cc1F. The van der Waals surface area contributed by atoms with Gasteiger partial charge in [0.25, 0.3) is 0 Å². The van der Waals surface area contributed by atoms with Crippen molar-refractivity contribution in [2.75, 3.05) is 11.9 Å². The van der Waals surface area contributed by atoms with Gasteiger partial charge in [0.15, 0.2) is 11.6 Å². The molecule has 0 fully saturated rings. The first kappa shape index (κ1) is 18.0. The predicted octanol–water partition coefficient (Wildman–Crippen LogP) is 1.57. The summed E-state index contributed by atoms with van der Waals surface area (Å²) in [6.07, 6.45) is 0.440. The monoisotopic (exact) mass is 318 g/mol. The van der Waals surface area contributed by atoms with E-state index in [1.807, 2.05) is 19.2 Å². The molecule has 1 unspecified atom stereocenters. The fourth-order valence-electron chi connectivity index (χ4n) is 1.80. The lowest BCUT2D eigenvalue weighted by molar-refractivity contribution is -0.136. The molecule has 0 heterocycles. The smallest absolute Gasteiger partial charge is 0.313 e. The minimum absolute atomic E-state index is 0.171. The number of hydrogen-bond acceptors (Lipinski definition) is 3. The van der Waals surface area contributed by atoms with Crippen molar-refractivity contribution in [2.45, 2.75) is 26.3 Å². The van der Waals surface area contributed by atoms with Gasteiger partial charge in [-0.15, -0.1) is 0 Å². The number of hydrogen-bond donors (Lipinski definition) is 3. The van der Waals surface area contributed by atoms with Gasteiger partial charge in [-0.2, -0.15) is 0 Å². The van der Waals surface area contributed by atoms with Crippen LogP contribution >= 0.6 is 0 Å². The molecule has 1 aromatic carbocycles. The Morgan fingerprint density at radius 1 is 1.09 bits per heavy atom. The van der Waals surface area contributed by atoms with Gasteiger partial charge in [0.05, 0.1) is 18.3 Å². The summed E-state index contributed by atoms with van der Waals surface area (Å²) in [5, 5.41) is 13.2. The first-order valence-corrected chi connectivity index (χ1v) is 6.61. The van der Waals surface area contributed by atoms with Crippen LogP contribution in [0.5, 0.6) is 0 Å². The number of carbonyl (C=O) groups excluding carboxylic acids is 2. The average Bonchev–Trinajstić information content (AvgIpc) is 2.43. The van der Waals surface area contributed by atoms with Crippen molar-refractivity contribution in [1.82, 2.24) is 5.32 Å². The quantitative estimate of drug-likeness (QED) is 0.569. The molecule has 0 bridgehead atoms. The van der Waals surface area contributed by atoms with Crippen LogP contribution in [0.15, 0.2) is 12.1 Å². The second-order valence-electron chi connectivity index (χ2n) is 5.18. The summed E-state index contributed by atoms with van der Waals surface area (Å²) < 4.78 is 39.1. The lowest BCUT2D eigenvalue weighted by Crippen LogP contribution is -2.44. The Bertz CT molecular complexity index is 565. The van der Waals surface area contributed by atoms with Crippen molar-refractivity contribution in [3.05, 3.63) is 29.6 Å². The minimum atomic E-state index is -1.41. The molecule has 0 aliphatic carbocycles. The molecule has 22 heavy (non-hydrogen) atoms. The second-order valence-corrected chi connectivity index (χ2v) is 5.18. The van der Waals surface area contributed by atoms with Crippen molar-refractivity contribution < 1.29 is 27.9 Å². The fraction of sp³-hybridized carbons (Fsp3) is 0.429. The second kappa shape index (κ2) is 7.79. The zero-order chi connectivity index (χ0) is 16.9. The van der Waals surface area contributed by atoms with E-state index in [0.717, 1.165) is 0 Å². The van der Waals surface area contributed by atoms with E-state index in [1.54, 1.807) is 0 Å². The maximum absolute atomic E-state index is 13.4. The molecule has 1 aromatic rings. The summed E-state index contributed by atoms with van der Waals surface area (Å²) in [7, 11) is 0. The average molecular weight is 318 g/mol. The first-order valence-electron chi connectivity index (χ1n) is 6.61. The molecular weight excluding hydrogens is 301 g/mol. The maximum Gasteiger partial charge on any atom is 0.313 e. The van der Waals surface area contributed by atoms with E-state index in [2.05, 4.69) is 5.32 Å². The number of carbonyl (C=O) groups is 2. The van der Waals surface area contributed by atoms with Crippen molar-refractivity contribution in [3.63, 3.8) is 0 Å². The summed E-state index contributed by atoms with van der Waals surface area (Å²) >= 11 is 0. The number of rotatable bonds is 5. The van der Waals surface area contributed by atoms with Crippen LogP contribution in [0.2, 0.25) is 0 Å². The highest BCUT2D eigenvalue weighted by Gasteiger charge is 2.21. The standard InChI is InChI=1S/C14H17F3N2O3/c1-7(2)3-8(6-20)18-13(21)14(22)19-12-5-10(16)9(15)4-11(12)17/h4-5,7-8,20H,3,6H2,1-2H3,(H,18,21)(H,19,22). The summed E-state index contributed by atoms with van der Waals surface area (Å²) in [6.45, 7) is 3.37. The van der Waals surface area contributed by atoms with Crippen LogP contribution in [0, 0.1) is 23.4 Å². The van der Waals surface area contributed by atoms with Crippen molar-refractivity contribution in [2.24, 2.45) is 5.92 Å². The molecule has 0 saturated heterocycles. The molecule has 0 saturated carbocycles. The van der Waals surface area contributed by atoms with Crippen LogP contribution in [0.1, 0.15) is 20.3 Å². The third kappa shape index (κ3) is 5.03. The first-order chi connectivity index (χ1) is 10.2. The van der Waals surface area contributed by atoms with Crippen LogP contribution in [-0.2, 0) is 9.59 Å². The van der Waals surface area contributed by atoms with Gasteiger partial charge in [0, 0.05) is 12.1 Å². The van der Waals surface area contributed by atoms with Gasteiger partial charge in [-0.05, 0) is 12.3 Å². The minimum Gasteiger partial charge on any atom is -0.394 e. The van der Waals surface area contributed by atoms with E-state index in [1.165, 1.54) is 0 Å². The van der Waals surface area contributed by atoms with Gasteiger partial charge in [0.2, 0.25) is 0 Å². The molecular formula is C14H17F3N2O3. The molecule has 2 amide bonds. The number of halogens is 3. The van der Waals surface area contributed by atoms with E-state index in [4.69, 9.17) is 5.11 Å². The predicted molar refractivity (Wildman–Crippen MR) is 73.4 cm³/mol. The largest absolute Gasteiger partial charge is 0.394 e. The lowest BCUT2D eigenvalue weighted by atomic mass is 10.0. The molecule has 0 aliphatic rings. The molecule has 0 aromatic heterocycles. The summed E-state index contributed by atoms with van der Waals surface area (Å²) in [4.78, 5) is 23.2. The van der Waals surface area contributed by atoms with Crippen molar-refractivity contribution in [3.8, 4) is 0 Å². The highest BCUT2D eigenvalue weighted by molar-refractivity contribution is 6.39. The van der Waals surface area contributed by atoms with Gasteiger partial charge in [-0.3, -0.25) is 9.59 Å². The van der Waals surface area contributed by atoms with E-state index in [-0.39, 0.29) is 18.6 Å². The van der Waals surface area contributed by atoms with E-state index >= 15 is 0 Å². The van der Waals surface area contributed by atoms with Crippen LogP contribution in [-0.4, -0.2) is 29.6 Å². The van der Waals surface area contributed by atoms with Crippen molar-refractivity contribution >= 4 is 17.5 Å². The normalized spacial score (nSPS) is 12.1. The number of amides is 2. The molecule has 0 spiro atoms. The Morgan fingerprint density at radius 2 is 1.68 bits per heavy atom. The summed E-state index contributed by atoms with van der Waals surface area (Å²) in [5.74, 6) is -6.15. The summed E-state index contributed by atoms with van der Waals surface area (Å²) in [5.41, 5.74) is -0.650. The molecule has 0 radical (unpaired) electrons. The molecule has 3 N–H and O–H groups in total. The Kier molecular flexibility index (Phi) is 6.36. The lowest BCUT2D eigenvalue weighted by Gasteiger charge is -2.17. The van der Waals surface area contributed by atoms with Crippen LogP contribution in [0.4, 0.5) is 18.9 Å². The van der Waals surface area contributed by atoms with Crippen LogP contribution in [0.25, 0.3) is 0 Å². The molecule has 8 heteroatoms. The molecule has 0 aliphatic heterocycles. The Balaban J connectivity index is 2.72. The topological polar surface area (TPSA) is 78.4 Å². The van der Waals surface area contributed by atoms with Gasteiger partial charge < -0.3 is 15.7 Å². The molecule has 122 valence electrons. The third-order valence-corrected chi connectivity index (χ3v) is 2.78. The molecule has 5 nitrogen and oxygen atoms in total. The van der Waals surface area contributed by atoms with Crippen LogP contribution < -0.4 is 10.6 Å². The van der Waals surface area contributed by atoms with Gasteiger partial charge in [0.1, 0.15) is 5.82 Å². The number of aliphatic hydroxyl groups excluding tert-OH is 1. The third-order valence-electron chi connectivity index (χ3n) is 2.78. The van der Waals surface area contributed by atoms with Gasteiger partial charge in [-0.25, -0.2) is 13.2 Å². The number of aliphatic hydroxyl groups is 1. The Morgan fingerprint density at radius 3 is 2.23 bits per heavy atom. The number of benzene rings is 1. The zero-order valence-corrected chi connectivity index (χ0v) is 12.1.